The molecule has 4 nitrogen and oxygen atoms in total. The summed E-state index contributed by atoms with van der Waals surface area (Å²) >= 11 is 1.34. The Balaban J connectivity index is 1.89. The number of thioether (sulfide) groups is 1. The van der Waals surface area contributed by atoms with Crippen molar-refractivity contribution in [1.29, 1.82) is 0 Å². The summed E-state index contributed by atoms with van der Waals surface area (Å²) in [6.45, 7) is 6.09. The van der Waals surface area contributed by atoms with Crippen molar-refractivity contribution in [2.45, 2.75) is 6.92 Å². The van der Waals surface area contributed by atoms with Gasteiger partial charge in [-0.3, -0.25) is 9.69 Å². The molecule has 2 aromatic rings. The maximum atomic E-state index is 12.8. The van der Waals surface area contributed by atoms with Crippen LogP contribution in [0.4, 0.5) is 5.69 Å². The topological polar surface area (TPSA) is 52.9 Å². The lowest BCUT2D eigenvalue weighted by Crippen LogP contribution is -2.29. The van der Waals surface area contributed by atoms with Crippen molar-refractivity contribution >= 4 is 34.6 Å². The molecule has 0 radical (unpaired) electrons. The van der Waals surface area contributed by atoms with Crippen molar-refractivity contribution in [3.8, 4) is 5.75 Å². The van der Waals surface area contributed by atoms with Gasteiger partial charge in [0.25, 0.3) is 5.91 Å². The Hall–Kier alpha value is -3.05. The molecule has 5 heteroatoms. The Morgan fingerprint density at radius 2 is 1.89 bits per heavy atom. The summed E-state index contributed by atoms with van der Waals surface area (Å²) in [7, 11) is 0. The fourth-order valence-corrected chi connectivity index (χ4v) is 3.64. The molecule has 0 aromatic heterocycles. The van der Waals surface area contributed by atoms with E-state index in [-0.39, 0.29) is 11.7 Å². The van der Waals surface area contributed by atoms with Gasteiger partial charge in [-0.25, -0.2) is 4.99 Å². The lowest BCUT2D eigenvalue weighted by atomic mass is 10.1. The summed E-state index contributed by atoms with van der Waals surface area (Å²) < 4.78 is 0. The van der Waals surface area contributed by atoms with Crippen molar-refractivity contribution in [3.05, 3.63) is 89.4 Å². The molecule has 136 valence electrons. The number of phenolic OH excluding ortho intramolecular Hbond substituents is 1. The number of carbonyl (C=O) groups excluding carboxylic acids is 1. The molecule has 1 aliphatic heterocycles. The minimum atomic E-state index is -0.0850. The SMILES string of the molecule is C=CCN1C(=O)C(=CC(C)=Cc2ccccc2)SC1=Nc1ccc(O)cc1. The van der Waals surface area contributed by atoms with Gasteiger partial charge in [0.2, 0.25) is 0 Å². The van der Waals surface area contributed by atoms with Gasteiger partial charge in [0.05, 0.1) is 10.6 Å². The summed E-state index contributed by atoms with van der Waals surface area (Å²) in [6.07, 6.45) is 5.60. The van der Waals surface area contributed by atoms with Crippen molar-refractivity contribution in [3.63, 3.8) is 0 Å². The van der Waals surface area contributed by atoms with Gasteiger partial charge in [-0.2, -0.15) is 0 Å². The van der Waals surface area contributed by atoms with Gasteiger partial charge in [0.1, 0.15) is 5.75 Å². The Morgan fingerprint density at radius 1 is 1.19 bits per heavy atom. The molecule has 0 unspecified atom stereocenters. The molecule has 1 amide bonds. The highest BCUT2D eigenvalue weighted by Crippen LogP contribution is 2.34. The van der Waals surface area contributed by atoms with Crippen LogP contribution in [0.15, 0.2) is 88.8 Å². The average molecular weight is 376 g/mol. The molecule has 2 aromatic carbocycles. The van der Waals surface area contributed by atoms with Crippen LogP contribution in [-0.2, 0) is 4.79 Å². The average Bonchev–Trinajstić information content (AvgIpc) is 2.93. The summed E-state index contributed by atoms with van der Waals surface area (Å²) in [6, 6.07) is 16.5. The lowest BCUT2D eigenvalue weighted by Gasteiger charge is -2.12. The largest absolute Gasteiger partial charge is 0.508 e. The zero-order valence-corrected chi connectivity index (χ0v) is 15.8. The summed E-state index contributed by atoms with van der Waals surface area (Å²) in [4.78, 5) is 19.6. The molecule has 27 heavy (non-hydrogen) atoms. The van der Waals surface area contributed by atoms with Crippen LogP contribution in [-0.4, -0.2) is 27.6 Å². The third kappa shape index (κ3) is 4.77. The fourth-order valence-electron chi connectivity index (χ4n) is 2.58. The van der Waals surface area contributed by atoms with Gasteiger partial charge < -0.3 is 5.11 Å². The third-order valence-corrected chi connectivity index (χ3v) is 4.83. The molecule has 1 N–H and O–H groups in total. The first-order chi connectivity index (χ1) is 13.1. The van der Waals surface area contributed by atoms with Crippen LogP contribution >= 0.6 is 11.8 Å². The molecule has 0 spiro atoms. The van der Waals surface area contributed by atoms with E-state index in [1.54, 1.807) is 35.2 Å². The number of hydrogen-bond acceptors (Lipinski definition) is 4. The van der Waals surface area contributed by atoms with Gasteiger partial charge in [0, 0.05) is 6.54 Å². The molecule has 0 saturated carbocycles. The van der Waals surface area contributed by atoms with Crippen LogP contribution in [0, 0.1) is 0 Å². The number of allylic oxidation sites excluding steroid dienone is 2. The predicted molar refractivity (Wildman–Crippen MR) is 113 cm³/mol. The second kappa shape index (κ2) is 8.56. The molecule has 1 aliphatic rings. The highest BCUT2D eigenvalue weighted by Gasteiger charge is 2.32. The zero-order chi connectivity index (χ0) is 19.2. The second-order valence-corrected chi connectivity index (χ2v) is 7.03. The molecule has 0 aliphatic carbocycles. The van der Waals surface area contributed by atoms with E-state index in [0.29, 0.717) is 22.3 Å². The molecule has 3 rings (SSSR count). The standard InChI is InChI=1S/C22H20N2O2S/c1-3-13-24-21(26)20(15-16(2)14-17-7-5-4-6-8-17)27-22(24)23-18-9-11-19(25)12-10-18/h3-12,14-15,25H,1,13H2,2H3. The minimum Gasteiger partial charge on any atom is -0.508 e. The second-order valence-electron chi connectivity index (χ2n) is 6.02. The van der Waals surface area contributed by atoms with Crippen LogP contribution in [0.3, 0.4) is 0 Å². The van der Waals surface area contributed by atoms with Gasteiger partial charge in [-0.15, -0.1) is 6.58 Å². The summed E-state index contributed by atoms with van der Waals surface area (Å²) in [5.41, 5.74) is 2.75. The predicted octanol–water partition coefficient (Wildman–Crippen LogP) is 5.13. The van der Waals surface area contributed by atoms with E-state index in [4.69, 9.17) is 0 Å². The van der Waals surface area contributed by atoms with Crippen molar-refractivity contribution < 1.29 is 9.90 Å². The van der Waals surface area contributed by atoms with E-state index in [9.17, 15) is 9.90 Å². The minimum absolute atomic E-state index is 0.0850. The first-order valence-corrected chi connectivity index (χ1v) is 9.32. The number of amides is 1. The zero-order valence-electron chi connectivity index (χ0n) is 15.0. The Morgan fingerprint density at radius 3 is 2.56 bits per heavy atom. The maximum absolute atomic E-state index is 12.8. The highest BCUT2D eigenvalue weighted by atomic mass is 32.2. The lowest BCUT2D eigenvalue weighted by molar-refractivity contribution is -0.121. The van der Waals surface area contributed by atoms with Crippen molar-refractivity contribution in [1.82, 2.24) is 4.90 Å². The van der Waals surface area contributed by atoms with Crippen molar-refractivity contribution in [2.24, 2.45) is 4.99 Å². The number of benzene rings is 2. The van der Waals surface area contributed by atoms with E-state index in [0.717, 1.165) is 11.1 Å². The van der Waals surface area contributed by atoms with Crippen LogP contribution in [0.1, 0.15) is 12.5 Å². The smallest absolute Gasteiger partial charge is 0.267 e. The number of nitrogens with zero attached hydrogens (tertiary/aromatic N) is 2. The van der Waals surface area contributed by atoms with E-state index in [1.807, 2.05) is 49.4 Å². The molecule has 1 fully saturated rings. The van der Waals surface area contributed by atoms with E-state index < -0.39 is 0 Å². The monoisotopic (exact) mass is 376 g/mol. The van der Waals surface area contributed by atoms with Gasteiger partial charge in [-0.05, 0) is 60.2 Å². The Kier molecular flexibility index (Phi) is 5.94. The quantitative estimate of drug-likeness (QED) is 0.581. The van der Waals surface area contributed by atoms with Crippen molar-refractivity contribution in [2.75, 3.05) is 6.54 Å². The van der Waals surface area contributed by atoms with Crippen LogP contribution < -0.4 is 0 Å². The number of amidine groups is 1. The van der Waals surface area contributed by atoms with E-state index >= 15 is 0 Å². The number of phenols is 1. The Bertz CT molecular complexity index is 929. The third-order valence-electron chi connectivity index (χ3n) is 3.83. The maximum Gasteiger partial charge on any atom is 0.267 e. The first kappa shape index (κ1) is 18.7. The van der Waals surface area contributed by atoms with Crippen LogP contribution in [0.5, 0.6) is 5.75 Å². The van der Waals surface area contributed by atoms with Crippen LogP contribution in [0.2, 0.25) is 0 Å². The molecular formula is C22H20N2O2S. The van der Waals surface area contributed by atoms with Gasteiger partial charge in [0.15, 0.2) is 5.17 Å². The van der Waals surface area contributed by atoms with E-state index in [2.05, 4.69) is 11.6 Å². The number of hydrogen-bond donors (Lipinski definition) is 1. The van der Waals surface area contributed by atoms with E-state index in [1.165, 1.54) is 11.8 Å². The summed E-state index contributed by atoms with van der Waals surface area (Å²) in [5, 5.41) is 10.0. The number of rotatable bonds is 5. The number of aliphatic imine (C=N–C) groups is 1. The number of carbonyl (C=O) groups is 1. The highest BCUT2D eigenvalue weighted by molar-refractivity contribution is 8.18. The molecule has 0 bridgehead atoms. The van der Waals surface area contributed by atoms with Gasteiger partial charge in [-0.1, -0.05) is 42.5 Å². The van der Waals surface area contributed by atoms with Crippen LogP contribution in [0.25, 0.3) is 6.08 Å². The molecule has 1 heterocycles. The Labute approximate surface area is 163 Å². The molecular weight excluding hydrogens is 356 g/mol. The normalized spacial score (nSPS) is 17.7. The molecule has 0 atom stereocenters. The molecule has 1 saturated heterocycles. The fraction of sp³-hybridized carbons (Fsp3) is 0.0909. The van der Waals surface area contributed by atoms with Gasteiger partial charge >= 0.3 is 0 Å². The summed E-state index contributed by atoms with van der Waals surface area (Å²) in [5.74, 6) is 0.0950. The first-order valence-electron chi connectivity index (χ1n) is 8.50. The number of aromatic hydroxyl groups is 1.